The fourth-order valence-electron chi connectivity index (χ4n) is 1.83. The third kappa shape index (κ3) is 4.13. The molecule has 20 heavy (non-hydrogen) atoms. The van der Waals surface area contributed by atoms with Crippen LogP contribution in [0.1, 0.15) is 26.3 Å². The van der Waals surface area contributed by atoms with Crippen molar-refractivity contribution in [1.29, 1.82) is 0 Å². The molecule has 1 atom stereocenters. The van der Waals surface area contributed by atoms with Gasteiger partial charge in [0.15, 0.2) is 0 Å². The smallest absolute Gasteiger partial charge is 0.238 e. The maximum Gasteiger partial charge on any atom is 0.238 e. The number of amides is 1. The van der Waals surface area contributed by atoms with Crippen molar-refractivity contribution in [3.8, 4) is 11.5 Å². The van der Waals surface area contributed by atoms with Crippen molar-refractivity contribution in [3.05, 3.63) is 23.8 Å². The third-order valence-electron chi connectivity index (χ3n) is 3.09. The molecule has 5 nitrogen and oxygen atoms in total. The number of ether oxygens (including phenoxy) is 2. The fraction of sp³-hybridized carbons (Fsp3) is 0.533. The van der Waals surface area contributed by atoms with E-state index in [0.717, 1.165) is 17.1 Å². The summed E-state index contributed by atoms with van der Waals surface area (Å²) < 4.78 is 11.0. The highest BCUT2D eigenvalue weighted by Crippen LogP contribution is 2.34. The first-order valence-corrected chi connectivity index (χ1v) is 6.57. The Bertz CT molecular complexity index is 467. The maximum atomic E-state index is 11.2. The molecule has 5 heteroatoms. The van der Waals surface area contributed by atoms with E-state index in [1.807, 2.05) is 18.2 Å². The van der Waals surface area contributed by atoms with Crippen LogP contribution in [0.3, 0.4) is 0 Å². The Balaban J connectivity index is 2.97. The lowest BCUT2D eigenvalue weighted by molar-refractivity contribution is -0.120. The van der Waals surface area contributed by atoms with Gasteiger partial charge < -0.3 is 20.5 Å². The van der Waals surface area contributed by atoms with Gasteiger partial charge in [-0.2, -0.15) is 0 Å². The number of carbonyl (C=O) groups is 1. The summed E-state index contributed by atoms with van der Waals surface area (Å²) in [6.07, 6.45) is 0. The summed E-state index contributed by atoms with van der Waals surface area (Å²) >= 11 is 0. The number of rotatable bonds is 6. The van der Waals surface area contributed by atoms with E-state index in [2.05, 4.69) is 26.1 Å². The van der Waals surface area contributed by atoms with Gasteiger partial charge in [0.1, 0.15) is 24.1 Å². The summed E-state index contributed by atoms with van der Waals surface area (Å²) in [5.74, 6) is 1.08. The van der Waals surface area contributed by atoms with Gasteiger partial charge in [-0.15, -0.1) is 0 Å². The van der Waals surface area contributed by atoms with Crippen LogP contribution in [0.15, 0.2) is 18.2 Å². The van der Waals surface area contributed by atoms with Gasteiger partial charge in [0, 0.05) is 5.56 Å². The number of hydrogen-bond donors (Lipinski definition) is 2. The van der Waals surface area contributed by atoms with Gasteiger partial charge in [0.05, 0.1) is 7.11 Å². The molecule has 0 saturated carbocycles. The summed E-state index contributed by atoms with van der Waals surface area (Å²) in [6, 6.07) is 5.13. The van der Waals surface area contributed by atoms with E-state index in [-0.39, 0.29) is 12.0 Å². The predicted molar refractivity (Wildman–Crippen MR) is 79.2 cm³/mol. The zero-order valence-corrected chi connectivity index (χ0v) is 12.8. The van der Waals surface area contributed by atoms with Crippen LogP contribution < -0.4 is 20.5 Å². The van der Waals surface area contributed by atoms with Crippen molar-refractivity contribution in [1.82, 2.24) is 5.32 Å². The molecule has 0 aliphatic rings. The lowest BCUT2D eigenvalue weighted by Gasteiger charge is -2.24. The molecule has 0 aliphatic heterocycles. The topological polar surface area (TPSA) is 73.6 Å². The number of likely N-dealkylation sites (N-methyl/N-ethyl adjacent to an activating group) is 1. The largest absolute Gasteiger partial charge is 0.497 e. The van der Waals surface area contributed by atoms with E-state index in [4.69, 9.17) is 15.2 Å². The van der Waals surface area contributed by atoms with Crippen LogP contribution in [-0.2, 0) is 10.2 Å². The Labute approximate surface area is 120 Å². The van der Waals surface area contributed by atoms with E-state index >= 15 is 0 Å². The van der Waals surface area contributed by atoms with Crippen molar-refractivity contribution in [2.45, 2.75) is 32.2 Å². The highest BCUT2D eigenvalue weighted by Gasteiger charge is 2.21. The number of hydrogen-bond acceptors (Lipinski definition) is 4. The summed E-state index contributed by atoms with van der Waals surface area (Å²) in [5.41, 5.74) is 6.21. The number of nitrogens with two attached hydrogens (primary N) is 1. The molecular weight excluding hydrogens is 256 g/mol. The van der Waals surface area contributed by atoms with E-state index in [1.54, 1.807) is 14.2 Å². The van der Waals surface area contributed by atoms with E-state index in [9.17, 15) is 4.79 Å². The van der Waals surface area contributed by atoms with E-state index in [0.29, 0.717) is 0 Å². The maximum absolute atomic E-state index is 11.2. The molecule has 112 valence electrons. The summed E-state index contributed by atoms with van der Waals surface area (Å²) in [7, 11) is 3.31. The second kappa shape index (κ2) is 6.61. The summed E-state index contributed by atoms with van der Waals surface area (Å²) in [5, 5.41) is 2.83. The molecule has 0 aromatic heterocycles. The van der Waals surface area contributed by atoms with E-state index in [1.165, 1.54) is 0 Å². The van der Waals surface area contributed by atoms with Crippen LogP contribution in [0.5, 0.6) is 11.5 Å². The van der Waals surface area contributed by atoms with Crippen molar-refractivity contribution in [2.75, 3.05) is 20.8 Å². The summed E-state index contributed by atoms with van der Waals surface area (Å²) in [4.78, 5) is 11.2. The zero-order valence-electron chi connectivity index (χ0n) is 12.8. The number of primary amides is 1. The van der Waals surface area contributed by atoms with Crippen LogP contribution in [-0.4, -0.2) is 32.7 Å². The molecule has 0 spiro atoms. The van der Waals surface area contributed by atoms with Crippen molar-refractivity contribution < 1.29 is 14.3 Å². The molecular formula is C15H24N2O3. The molecule has 0 bridgehead atoms. The molecule has 1 aromatic rings. The van der Waals surface area contributed by atoms with Crippen LogP contribution >= 0.6 is 0 Å². The predicted octanol–water partition coefficient (Wildman–Crippen LogP) is 1.44. The average molecular weight is 280 g/mol. The molecule has 0 saturated heterocycles. The SMILES string of the molecule is CNC(COc1ccc(OC)cc1C(C)(C)C)C(N)=O. The molecule has 1 amide bonds. The Morgan fingerprint density at radius 3 is 2.50 bits per heavy atom. The molecule has 1 aromatic carbocycles. The van der Waals surface area contributed by atoms with Crippen molar-refractivity contribution >= 4 is 5.91 Å². The van der Waals surface area contributed by atoms with Gasteiger partial charge >= 0.3 is 0 Å². The number of benzene rings is 1. The minimum absolute atomic E-state index is 0.0915. The van der Waals surface area contributed by atoms with Gasteiger partial charge in [-0.3, -0.25) is 4.79 Å². The lowest BCUT2D eigenvalue weighted by Crippen LogP contribution is -2.43. The molecule has 0 aliphatic carbocycles. The first-order chi connectivity index (χ1) is 9.29. The second-order valence-electron chi connectivity index (χ2n) is 5.67. The lowest BCUT2D eigenvalue weighted by atomic mass is 9.86. The summed E-state index contributed by atoms with van der Waals surface area (Å²) in [6.45, 7) is 6.48. The standard InChI is InChI=1S/C15H24N2O3/c1-15(2,3)11-8-10(19-5)6-7-13(11)20-9-12(17-4)14(16)18/h6-8,12,17H,9H2,1-5H3,(H2,16,18). The average Bonchev–Trinajstić information content (AvgIpc) is 2.38. The first-order valence-electron chi connectivity index (χ1n) is 6.57. The molecule has 0 fully saturated rings. The highest BCUT2D eigenvalue weighted by atomic mass is 16.5. The second-order valence-corrected chi connectivity index (χ2v) is 5.67. The van der Waals surface area contributed by atoms with Gasteiger partial charge in [0.2, 0.25) is 5.91 Å². The van der Waals surface area contributed by atoms with Crippen molar-refractivity contribution in [3.63, 3.8) is 0 Å². The molecule has 1 rings (SSSR count). The third-order valence-corrected chi connectivity index (χ3v) is 3.09. The van der Waals surface area contributed by atoms with Gasteiger partial charge in [-0.05, 0) is 30.7 Å². The van der Waals surface area contributed by atoms with Crippen LogP contribution in [0.4, 0.5) is 0 Å². The van der Waals surface area contributed by atoms with E-state index < -0.39 is 11.9 Å². The minimum atomic E-state index is -0.509. The Kier molecular flexibility index (Phi) is 5.39. The molecule has 0 heterocycles. The molecule has 1 unspecified atom stereocenters. The van der Waals surface area contributed by atoms with Gasteiger partial charge in [0.25, 0.3) is 0 Å². The normalized spacial score (nSPS) is 12.8. The highest BCUT2D eigenvalue weighted by molar-refractivity contribution is 5.80. The Morgan fingerprint density at radius 2 is 2.05 bits per heavy atom. The quantitative estimate of drug-likeness (QED) is 0.827. The van der Waals surface area contributed by atoms with Crippen LogP contribution in [0, 0.1) is 0 Å². The fourth-order valence-corrected chi connectivity index (χ4v) is 1.83. The number of carbonyl (C=O) groups excluding carboxylic acids is 1. The monoisotopic (exact) mass is 280 g/mol. The zero-order chi connectivity index (χ0) is 15.3. The molecule has 3 N–H and O–H groups in total. The Morgan fingerprint density at radius 1 is 1.40 bits per heavy atom. The van der Waals surface area contributed by atoms with Gasteiger partial charge in [-0.1, -0.05) is 20.8 Å². The van der Waals surface area contributed by atoms with Crippen LogP contribution in [0.25, 0.3) is 0 Å². The van der Waals surface area contributed by atoms with Gasteiger partial charge in [-0.25, -0.2) is 0 Å². The van der Waals surface area contributed by atoms with Crippen molar-refractivity contribution in [2.24, 2.45) is 5.73 Å². The molecule has 0 radical (unpaired) electrons. The number of nitrogens with one attached hydrogen (secondary N) is 1. The van der Waals surface area contributed by atoms with Crippen LogP contribution in [0.2, 0.25) is 0 Å². The number of methoxy groups -OCH3 is 1. The Hall–Kier alpha value is -1.75. The first kappa shape index (κ1) is 16.3. The minimum Gasteiger partial charge on any atom is -0.497 e.